The molecule has 80 valence electrons. The van der Waals surface area contributed by atoms with E-state index in [9.17, 15) is 0 Å². The number of H-pyrrole nitrogens is 1. The summed E-state index contributed by atoms with van der Waals surface area (Å²) in [5, 5.41) is 9.97. The van der Waals surface area contributed by atoms with Crippen LogP contribution in [0.15, 0.2) is 18.2 Å². The molecule has 2 aromatic rings. The minimum atomic E-state index is -0.0137. The Balaban J connectivity index is 2.66. The van der Waals surface area contributed by atoms with E-state index in [4.69, 9.17) is 14.6 Å². The van der Waals surface area contributed by atoms with E-state index in [2.05, 4.69) is 4.98 Å². The van der Waals surface area contributed by atoms with E-state index in [1.165, 1.54) is 0 Å². The molecule has 1 heterocycles. The smallest absolute Gasteiger partial charge is 0.131 e. The molecular formula is C11H13NO3. The topological polar surface area (TPSA) is 54.5 Å². The Morgan fingerprint density at radius 1 is 1.20 bits per heavy atom. The number of aromatic amines is 1. The Bertz CT molecular complexity index is 476. The first-order valence-electron chi connectivity index (χ1n) is 4.63. The quantitative estimate of drug-likeness (QED) is 0.805. The van der Waals surface area contributed by atoms with Gasteiger partial charge in [0.2, 0.25) is 0 Å². The predicted molar refractivity (Wildman–Crippen MR) is 57.3 cm³/mol. The van der Waals surface area contributed by atoms with E-state index in [0.29, 0.717) is 0 Å². The Morgan fingerprint density at radius 3 is 2.60 bits per heavy atom. The number of benzene rings is 1. The van der Waals surface area contributed by atoms with Gasteiger partial charge < -0.3 is 19.6 Å². The van der Waals surface area contributed by atoms with Gasteiger partial charge in [0.25, 0.3) is 0 Å². The standard InChI is InChI=1S/C11H13NO3/c1-14-8-4-10-9(11(5-8)15-2)3-7(6-13)12-10/h3-5,12-13H,6H2,1-2H3. The lowest BCUT2D eigenvalue weighted by molar-refractivity contribution is 0.278. The van der Waals surface area contributed by atoms with Crippen molar-refractivity contribution in [3.05, 3.63) is 23.9 Å². The Labute approximate surface area is 87.4 Å². The second-order valence-corrected chi connectivity index (χ2v) is 3.24. The Morgan fingerprint density at radius 2 is 2.00 bits per heavy atom. The van der Waals surface area contributed by atoms with E-state index in [-0.39, 0.29) is 6.61 Å². The van der Waals surface area contributed by atoms with Crippen molar-refractivity contribution < 1.29 is 14.6 Å². The molecule has 0 aliphatic carbocycles. The van der Waals surface area contributed by atoms with Crippen molar-refractivity contribution in [3.8, 4) is 11.5 Å². The summed E-state index contributed by atoms with van der Waals surface area (Å²) < 4.78 is 10.4. The van der Waals surface area contributed by atoms with Gasteiger partial charge in [-0.2, -0.15) is 0 Å². The van der Waals surface area contributed by atoms with Crippen LogP contribution < -0.4 is 9.47 Å². The number of hydrogen-bond acceptors (Lipinski definition) is 3. The van der Waals surface area contributed by atoms with E-state index in [1.54, 1.807) is 14.2 Å². The van der Waals surface area contributed by atoms with Crippen LogP contribution in [-0.2, 0) is 6.61 Å². The summed E-state index contributed by atoms with van der Waals surface area (Å²) in [6, 6.07) is 5.56. The minimum Gasteiger partial charge on any atom is -0.497 e. The highest BCUT2D eigenvalue weighted by molar-refractivity contribution is 5.88. The number of ether oxygens (including phenoxy) is 2. The van der Waals surface area contributed by atoms with Crippen molar-refractivity contribution in [1.29, 1.82) is 0 Å². The molecule has 0 spiro atoms. The lowest BCUT2D eigenvalue weighted by Crippen LogP contribution is -1.87. The maximum atomic E-state index is 9.03. The van der Waals surface area contributed by atoms with Gasteiger partial charge in [-0.1, -0.05) is 0 Å². The van der Waals surface area contributed by atoms with Crippen LogP contribution in [0.1, 0.15) is 5.69 Å². The number of fused-ring (bicyclic) bond motifs is 1. The average Bonchev–Trinajstić information content (AvgIpc) is 2.70. The van der Waals surface area contributed by atoms with Crippen LogP contribution in [0.25, 0.3) is 10.9 Å². The molecule has 0 radical (unpaired) electrons. The number of aliphatic hydroxyl groups is 1. The number of aliphatic hydroxyl groups excluding tert-OH is 1. The monoisotopic (exact) mass is 207 g/mol. The maximum Gasteiger partial charge on any atom is 0.131 e. The molecule has 4 nitrogen and oxygen atoms in total. The fourth-order valence-corrected chi connectivity index (χ4v) is 1.61. The second-order valence-electron chi connectivity index (χ2n) is 3.24. The first-order chi connectivity index (χ1) is 7.28. The van der Waals surface area contributed by atoms with Crippen LogP contribution in [0.5, 0.6) is 11.5 Å². The van der Waals surface area contributed by atoms with Gasteiger partial charge in [-0.05, 0) is 6.07 Å². The molecule has 0 unspecified atom stereocenters. The lowest BCUT2D eigenvalue weighted by Gasteiger charge is -2.04. The predicted octanol–water partition coefficient (Wildman–Crippen LogP) is 1.68. The first kappa shape index (κ1) is 9.86. The second kappa shape index (κ2) is 3.82. The summed E-state index contributed by atoms with van der Waals surface area (Å²) in [4.78, 5) is 3.08. The van der Waals surface area contributed by atoms with Crippen LogP contribution >= 0.6 is 0 Å². The van der Waals surface area contributed by atoms with Crippen molar-refractivity contribution in [2.24, 2.45) is 0 Å². The molecule has 0 amide bonds. The molecule has 0 aliphatic rings. The number of nitrogens with one attached hydrogen (secondary N) is 1. The highest BCUT2D eigenvalue weighted by Gasteiger charge is 2.08. The molecular weight excluding hydrogens is 194 g/mol. The van der Waals surface area contributed by atoms with E-state index >= 15 is 0 Å². The summed E-state index contributed by atoms with van der Waals surface area (Å²) in [7, 11) is 3.22. The molecule has 0 saturated heterocycles. The van der Waals surface area contributed by atoms with Gasteiger partial charge in [-0.15, -0.1) is 0 Å². The molecule has 1 aromatic carbocycles. The van der Waals surface area contributed by atoms with Crippen LogP contribution in [-0.4, -0.2) is 24.3 Å². The van der Waals surface area contributed by atoms with E-state index in [1.807, 2.05) is 18.2 Å². The molecule has 0 fully saturated rings. The zero-order valence-electron chi connectivity index (χ0n) is 8.70. The van der Waals surface area contributed by atoms with E-state index < -0.39 is 0 Å². The third-order valence-corrected chi connectivity index (χ3v) is 2.36. The molecule has 0 atom stereocenters. The molecule has 15 heavy (non-hydrogen) atoms. The molecule has 1 aromatic heterocycles. The lowest BCUT2D eigenvalue weighted by atomic mass is 10.2. The van der Waals surface area contributed by atoms with Crippen molar-refractivity contribution in [2.45, 2.75) is 6.61 Å². The van der Waals surface area contributed by atoms with Crippen LogP contribution in [0.3, 0.4) is 0 Å². The average molecular weight is 207 g/mol. The van der Waals surface area contributed by atoms with Crippen LogP contribution in [0, 0.1) is 0 Å². The third kappa shape index (κ3) is 1.64. The van der Waals surface area contributed by atoms with Gasteiger partial charge in [-0.25, -0.2) is 0 Å². The molecule has 0 saturated carbocycles. The molecule has 0 bridgehead atoms. The van der Waals surface area contributed by atoms with Crippen molar-refractivity contribution in [2.75, 3.05) is 14.2 Å². The minimum absolute atomic E-state index is 0.0137. The molecule has 2 rings (SSSR count). The number of rotatable bonds is 3. The van der Waals surface area contributed by atoms with Crippen LogP contribution in [0.2, 0.25) is 0 Å². The Kier molecular flexibility index (Phi) is 2.51. The summed E-state index contributed by atoms with van der Waals surface area (Å²) in [6.45, 7) is -0.0137. The number of methoxy groups -OCH3 is 2. The highest BCUT2D eigenvalue weighted by atomic mass is 16.5. The summed E-state index contributed by atoms with van der Waals surface area (Å²) >= 11 is 0. The van der Waals surface area contributed by atoms with Gasteiger partial charge in [0.05, 0.1) is 26.3 Å². The van der Waals surface area contributed by atoms with Gasteiger partial charge in [0, 0.05) is 23.2 Å². The number of hydrogen-bond donors (Lipinski definition) is 2. The van der Waals surface area contributed by atoms with E-state index in [0.717, 1.165) is 28.1 Å². The fourth-order valence-electron chi connectivity index (χ4n) is 1.61. The van der Waals surface area contributed by atoms with Gasteiger partial charge in [0.1, 0.15) is 11.5 Å². The summed E-state index contributed by atoms with van der Waals surface area (Å²) in [6.07, 6.45) is 0. The largest absolute Gasteiger partial charge is 0.497 e. The summed E-state index contributed by atoms with van der Waals surface area (Å²) in [5.74, 6) is 1.46. The van der Waals surface area contributed by atoms with Crippen molar-refractivity contribution in [3.63, 3.8) is 0 Å². The SMILES string of the molecule is COc1cc(OC)c2cc(CO)[nH]c2c1. The first-order valence-corrected chi connectivity index (χ1v) is 4.63. The molecule has 4 heteroatoms. The fraction of sp³-hybridized carbons (Fsp3) is 0.273. The number of aromatic nitrogens is 1. The van der Waals surface area contributed by atoms with Crippen molar-refractivity contribution >= 4 is 10.9 Å². The third-order valence-electron chi connectivity index (χ3n) is 2.36. The molecule has 2 N–H and O–H groups in total. The van der Waals surface area contributed by atoms with Gasteiger partial charge in [0.15, 0.2) is 0 Å². The Hall–Kier alpha value is -1.68. The highest BCUT2D eigenvalue weighted by Crippen LogP contribution is 2.31. The zero-order chi connectivity index (χ0) is 10.8. The summed E-state index contributed by atoms with van der Waals surface area (Å²) in [5.41, 5.74) is 1.66. The van der Waals surface area contributed by atoms with Crippen LogP contribution in [0.4, 0.5) is 0 Å². The normalized spacial score (nSPS) is 10.6. The maximum absolute atomic E-state index is 9.03. The van der Waals surface area contributed by atoms with Gasteiger partial charge >= 0.3 is 0 Å². The molecule has 0 aliphatic heterocycles. The van der Waals surface area contributed by atoms with Gasteiger partial charge in [-0.3, -0.25) is 0 Å². The zero-order valence-corrected chi connectivity index (χ0v) is 8.70. The van der Waals surface area contributed by atoms with Crippen molar-refractivity contribution in [1.82, 2.24) is 4.98 Å².